The van der Waals surface area contributed by atoms with Gasteiger partial charge in [-0.3, -0.25) is 9.88 Å². The van der Waals surface area contributed by atoms with Crippen LogP contribution in [0.5, 0.6) is 5.75 Å². The van der Waals surface area contributed by atoms with E-state index in [1.807, 2.05) is 17.0 Å². The number of aromatic nitrogens is 1. The van der Waals surface area contributed by atoms with Gasteiger partial charge in [-0.2, -0.15) is 0 Å². The Hall–Kier alpha value is -3.60. The lowest BCUT2D eigenvalue weighted by Gasteiger charge is -2.44. The summed E-state index contributed by atoms with van der Waals surface area (Å²) in [5.74, 6) is 0.853. The summed E-state index contributed by atoms with van der Waals surface area (Å²) in [5.41, 5.74) is 7.00. The van der Waals surface area contributed by atoms with Gasteiger partial charge in [0.05, 0.1) is 13.2 Å². The standard InChI is InChI=1S/C29H28N2O3/c1-33-27-14-7-15-30-28(27)19-16-20-8-6-9-21(17-19)31(20)29(32)34-18-26-24-12-4-2-10-22(24)23-11-3-5-13-25(23)26/h2-5,7,10-16,20-21,26H,6,8-9,17-18H2,1H3. The van der Waals surface area contributed by atoms with Gasteiger partial charge >= 0.3 is 6.09 Å². The molecule has 6 rings (SSSR count). The first-order valence-corrected chi connectivity index (χ1v) is 12.1. The Balaban J connectivity index is 1.23. The van der Waals surface area contributed by atoms with Gasteiger partial charge in [-0.25, -0.2) is 4.79 Å². The Morgan fingerprint density at radius 1 is 1.00 bits per heavy atom. The number of carbonyl (C=O) groups excluding carboxylic acids is 1. The number of benzene rings is 2. The topological polar surface area (TPSA) is 51.7 Å². The highest BCUT2D eigenvalue weighted by molar-refractivity contribution is 5.79. The minimum absolute atomic E-state index is 0.0323. The number of pyridine rings is 1. The summed E-state index contributed by atoms with van der Waals surface area (Å²) in [5, 5.41) is 0. The summed E-state index contributed by atoms with van der Waals surface area (Å²) < 4.78 is 11.6. The predicted octanol–water partition coefficient (Wildman–Crippen LogP) is 6.05. The average Bonchev–Trinajstić information content (AvgIpc) is 3.20. The lowest BCUT2D eigenvalue weighted by atomic mass is 9.84. The largest absolute Gasteiger partial charge is 0.494 e. The molecule has 0 spiro atoms. The molecule has 1 aromatic heterocycles. The van der Waals surface area contributed by atoms with Crippen LogP contribution in [-0.4, -0.2) is 41.8 Å². The summed E-state index contributed by atoms with van der Waals surface area (Å²) in [4.78, 5) is 19.9. The van der Waals surface area contributed by atoms with Crippen LogP contribution < -0.4 is 4.74 Å². The van der Waals surface area contributed by atoms with Gasteiger partial charge in [-0.15, -0.1) is 0 Å². The summed E-state index contributed by atoms with van der Waals surface area (Å²) in [6.45, 7) is 0.355. The molecule has 0 radical (unpaired) electrons. The molecule has 2 unspecified atom stereocenters. The second-order valence-corrected chi connectivity index (χ2v) is 9.31. The number of fused-ring (bicyclic) bond motifs is 5. The molecule has 0 N–H and O–H groups in total. The quantitative estimate of drug-likeness (QED) is 0.484. The number of nitrogens with zero attached hydrogens (tertiary/aromatic N) is 2. The van der Waals surface area contributed by atoms with E-state index in [4.69, 9.17) is 9.47 Å². The van der Waals surface area contributed by atoms with E-state index in [1.54, 1.807) is 13.3 Å². The maximum Gasteiger partial charge on any atom is 0.410 e. The molecule has 2 aromatic carbocycles. The van der Waals surface area contributed by atoms with Gasteiger partial charge in [-0.1, -0.05) is 54.6 Å². The molecular weight excluding hydrogens is 424 g/mol. The number of hydrogen-bond donors (Lipinski definition) is 0. The Kier molecular flexibility index (Phi) is 5.33. The Bertz CT molecular complexity index is 1220. The summed E-state index contributed by atoms with van der Waals surface area (Å²) in [6.07, 6.45) is 7.60. The van der Waals surface area contributed by atoms with E-state index in [0.29, 0.717) is 6.61 Å². The van der Waals surface area contributed by atoms with Gasteiger partial charge in [0, 0.05) is 18.2 Å². The summed E-state index contributed by atoms with van der Waals surface area (Å²) in [7, 11) is 1.67. The molecule has 1 amide bonds. The van der Waals surface area contributed by atoms with E-state index in [1.165, 1.54) is 22.3 Å². The molecule has 0 saturated carbocycles. The normalized spacial score (nSPS) is 20.9. The lowest BCUT2D eigenvalue weighted by molar-refractivity contribution is 0.0538. The van der Waals surface area contributed by atoms with Crippen LogP contribution >= 0.6 is 0 Å². The number of hydrogen-bond acceptors (Lipinski definition) is 4. The molecule has 2 aliphatic heterocycles. The van der Waals surface area contributed by atoms with E-state index in [0.717, 1.165) is 42.7 Å². The maximum atomic E-state index is 13.4. The maximum absolute atomic E-state index is 13.4. The van der Waals surface area contributed by atoms with Crippen LogP contribution in [0, 0.1) is 0 Å². The minimum Gasteiger partial charge on any atom is -0.494 e. The van der Waals surface area contributed by atoms with Crippen molar-refractivity contribution in [2.24, 2.45) is 0 Å². The third-order valence-corrected chi connectivity index (χ3v) is 7.48. The van der Waals surface area contributed by atoms with Crippen molar-refractivity contribution in [3.8, 4) is 16.9 Å². The third-order valence-electron chi connectivity index (χ3n) is 7.48. The highest BCUT2D eigenvalue weighted by Crippen LogP contribution is 2.45. The third kappa shape index (κ3) is 3.47. The second-order valence-electron chi connectivity index (χ2n) is 9.31. The van der Waals surface area contributed by atoms with E-state index >= 15 is 0 Å². The SMILES string of the molecule is COc1cccnc1C1=CC2CCCC(C1)N2C(=O)OCC1c2ccccc2-c2ccccc21. The van der Waals surface area contributed by atoms with E-state index in [-0.39, 0.29) is 24.1 Å². The molecule has 5 heteroatoms. The first-order chi connectivity index (χ1) is 16.7. The van der Waals surface area contributed by atoms with Gasteiger partial charge in [0.15, 0.2) is 0 Å². The fraction of sp³-hybridized carbons (Fsp3) is 0.310. The van der Waals surface area contributed by atoms with Gasteiger partial charge in [0.1, 0.15) is 18.1 Å². The Morgan fingerprint density at radius 2 is 1.74 bits per heavy atom. The number of methoxy groups -OCH3 is 1. The van der Waals surface area contributed by atoms with Crippen molar-refractivity contribution in [2.45, 2.75) is 43.7 Å². The van der Waals surface area contributed by atoms with Crippen molar-refractivity contribution in [3.05, 3.63) is 89.8 Å². The van der Waals surface area contributed by atoms with Crippen LogP contribution in [0.25, 0.3) is 16.7 Å². The van der Waals surface area contributed by atoms with Crippen molar-refractivity contribution in [1.82, 2.24) is 9.88 Å². The summed E-state index contributed by atoms with van der Waals surface area (Å²) in [6, 6.07) is 20.9. The van der Waals surface area contributed by atoms with Crippen molar-refractivity contribution in [2.75, 3.05) is 13.7 Å². The number of amides is 1. The van der Waals surface area contributed by atoms with Crippen LogP contribution in [0.1, 0.15) is 48.4 Å². The van der Waals surface area contributed by atoms with E-state index in [2.05, 4.69) is 59.6 Å². The Morgan fingerprint density at radius 3 is 2.44 bits per heavy atom. The van der Waals surface area contributed by atoms with Gasteiger partial charge in [-0.05, 0) is 65.6 Å². The molecule has 1 saturated heterocycles. The molecule has 2 bridgehead atoms. The van der Waals surface area contributed by atoms with Crippen molar-refractivity contribution in [3.63, 3.8) is 0 Å². The highest BCUT2D eigenvalue weighted by atomic mass is 16.6. The molecule has 3 aromatic rings. The second kappa shape index (κ2) is 8.64. The number of ether oxygens (including phenoxy) is 2. The summed E-state index contributed by atoms with van der Waals surface area (Å²) >= 11 is 0. The molecule has 34 heavy (non-hydrogen) atoms. The molecule has 3 heterocycles. The Labute approximate surface area is 200 Å². The molecule has 5 nitrogen and oxygen atoms in total. The number of rotatable bonds is 4. The molecule has 172 valence electrons. The molecular formula is C29H28N2O3. The first-order valence-electron chi connectivity index (χ1n) is 12.1. The monoisotopic (exact) mass is 452 g/mol. The van der Waals surface area contributed by atoms with E-state index in [9.17, 15) is 4.79 Å². The molecule has 1 aliphatic carbocycles. The van der Waals surface area contributed by atoms with Crippen LogP contribution in [0.2, 0.25) is 0 Å². The minimum atomic E-state index is -0.208. The molecule has 3 aliphatic rings. The number of carbonyl (C=O) groups is 1. The van der Waals surface area contributed by atoms with Crippen LogP contribution in [0.4, 0.5) is 4.79 Å². The van der Waals surface area contributed by atoms with Crippen LogP contribution in [0.15, 0.2) is 72.9 Å². The predicted molar refractivity (Wildman–Crippen MR) is 132 cm³/mol. The van der Waals surface area contributed by atoms with Crippen molar-refractivity contribution < 1.29 is 14.3 Å². The fourth-order valence-corrected chi connectivity index (χ4v) is 5.95. The van der Waals surface area contributed by atoms with Crippen LogP contribution in [-0.2, 0) is 4.74 Å². The van der Waals surface area contributed by atoms with Crippen molar-refractivity contribution in [1.29, 1.82) is 0 Å². The molecule has 2 atom stereocenters. The zero-order chi connectivity index (χ0) is 23.1. The van der Waals surface area contributed by atoms with Crippen molar-refractivity contribution >= 4 is 11.7 Å². The van der Waals surface area contributed by atoms with Gasteiger partial charge < -0.3 is 9.47 Å². The fourth-order valence-electron chi connectivity index (χ4n) is 5.95. The molecule has 1 fully saturated rings. The highest BCUT2D eigenvalue weighted by Gasteiger charge is 2.39. The van der Waals surface area contributed by atoms with Gasteiger partial charge in [0.2, 0.25) is 0 Å². The lowest BCUT2D eigenvalue weighted by Crippen LogP contribution is -2.52. The first kappa shape index (κ1) is 21.0. The van der Waals surface area contributed by atoms with Gasteiger partial charge in [0.25, 0.3) is 0 Å². The average molecular weight is 453 g/mol. The van der Waals surface area contributed by atoms with Crippen LogP contribution in [0.3, 0.4) is 0 Å². The van der Waals surface area contributed by atoms with E-state index < -0.39 is 0 Å². The number of piperidine rings is 1. The zero-order valence-corrected chi connectivity index (χ0v) is 19.3. The zero-order valence-electron chi connectivity index (χ0n) is 19.3. The smallest absolute Gasteiger partial charge is 0.410 e.